The van der Waals surface area contributed by atoms with E-state index in [-0.39, 0.29) is 17.2 Å². The summed E-state index contributed by atoms with van der Waals surface area (Å²) in [6.07, 6.45) is 5.44. The second-order valence-corrected chi connectivity index (χ2v) is 7.67. The van der Waals surface area contributed by atoms with Crippen molar-refractivity contribution in [1.82, 2.24) is 14.1 Å². The molecule has 0 saturated carbocycles. The van der Waals surface area contributed by atoms with E-state index in [1.165, 1.54) is 4.57 Å². The van der Waals surface area contributed by atoms with Crippen molar-refractivity contribution in [3.63, 3.8) is 0 Å². The highest BCUT2D eigenvalue weighted by atomic mass is 35.5. The molecule has 0 spiro atoms. The van der Waals surface area contributed by atoms with Gasteiger partial charge in [0, 0.05) is 24.0 Å². The minimum Gasteiger partial charge on any atom is -0.376 e. The smallest absolute Gasteiger partial charge is 0.264 e. The van der Waals surface area contributed by atoms with Gasteiger partial charge in [-0.3, -0.25) is 14.2 Å². The summed E-state index contributed by atoms with van der Waals surface area (Å²) in [7, 11) is 0. The molecule has 0 radical (unpaired) electrons. The van der Waals surface area contributed by atoms with Crippen LogP contribution in [-0.2, 0) is 11.3 Å². The molecular weight excluding hydrogens is 390 g/mol. The number of hydrogen-bond acceptors (Lipinski definition) is 4. The lowest BCUT2D eigenvalue weighted by molar-refractivity contribution is 0.0963. The molecule has 1 aliphatic heterocycles. The van der Waals surface area contributed by atoms with E-state index in [0.29, 0.717) is 39.1 Å². The third kappa shape index (κ3) is 3.24. The molecule has 0 bridgehead atoms. The van der Waals surface area contributed by atoms with E-state index >= 15 is 0 Å². The van der Waals surface area contributed by atoms with Gasteiger partial charge in [-0.15, -0.1) is 0 Å². The van der Waals surface area contributed by atoms with Crippen molar-refractivity contribution >= 4 is 33.4 Å². The summed E-state index contributed by atoms with van der Waals surface area (Å²) in [4.78, 5) is 30.7. The highest BCUT2D eigenvalue weighted by Gasteiger charge is 2.17. The molecule has 1 saturated heterocycles. The molecule has 7 heteroatoms. The SMILES string of the molecule is O=c1c2cc3c(=O)n(-c4cccc(Cl)c4)ccc3nc2ccn1C[C@@H]1CCCO1. The number of halogens is 1. The molecule has 4 aromatic rings. The zero-order valence-electron chi connectivity index (χ0n) is 15.5. The molecule has 5 rings (SSSR count). The Hall–Kier alpha value is -2.96. The van der Waals surface area contributed by atoms with Crippen molar-refractivity contribution in [2.75, 3.05) is 6.61 Å². The van der Waals surface area contributed by atoms with Crippen molar-refractivity contribution in [2.45, 2.75) is 25.5 Å². The van der Waals surface area contributed by atoms with Crippen molar-refractivity contribution in [1.29, 1.82) is 0 Å². The van der Waals surface area contributed by atoms with E-state index < -0.39 is 0 Å². The number of benzene rings is 1. The minimum atomic E-state index is -0.243. The molecule has 0 N–H and O–H groups in total. The number of nitrogens with zero attached hydrogens (tertiary/aromatic N) is 3. The first kappa shape index (κ1) is 18.1. The van der Waals surface area contributed by atoms with Gasteiger partial charge in [0.1, 0.15) is 0 Å². The van der Waals surface area contributed by atoms with Crippen LogP contribution in [-0.4, -0.2) is 26.8 Å². The Labute approximate surface area is 170 Å². The third-order valence-corrected chi connectivity index (χ3v) is 5.56. The lowest BCUT2D eigenvalue weighted by Crippen LogP contribution is -2.26. The molecule has 0 unspecified atom stereocenters. The first-order chi connectivity index (χ1) is 14.1. The van der Waals surface area contributed by atoms with Crippen LogP contribution in [0.3, 0.4) is 0 Å². The van der Waals surface area contributed by atoms with Crippen LogP contribution in [0.15, 0.2) is 64.4 Å². The van der Waals surface area contributed by atoms with Gasteiger partial charge in [0.25, 0.3) is 11.1 Å². The molecule has 1 aliphatic rings. The Bertz CT molecular complexity index is 1350. The maximum Gasteiger partial charge on any atom is 0.264 e. The van der Waals surface area contributed by atoms with Crippen LogP contribution < -0.4 is 11.1 Å². The van der Waals surface area contributed by atoms with Crippen LogP contribution in [0.25, 0.3) is 27.5 Å². The van der Waals surface area contributed by atoms with Gasteiger partial charge in [0.15, 0.2) is 0 Å². The van der Waals surface area contributed by atoms with Crippen molar-refractivity contribution in [3.05, 3.63) is 80.6 Å². The molecule has 0 aliphatic carbocycles. The molecule has 3 aromatic heterocycles. The Kier molecular flexibility index (Phi) is 4.45. The largest absolute Gasteiger partial charge is 0.376 e. The summed E-state index contributed by atoms with van der Waals surface area (Å²) in [5, 5.41) is 1.37. The predicted octanol–water partition coefficient (Wildman–Crippen LogP) is 3.53. The van der Waals surface area contributed by atoms with Crippen molar-refractivity contribution in [3.8, 4) is 5.69 Å². The fourth-order valence-electron chi connectivity index (χ4n) is 3.85. The Balaban J connectivity index is 1.67. The topological polar surface area (TPSA) is 66.1 Å². The van der Waals surface area contributed by atoms with Gasteiger partial charge in [-0.25, -0.2) is 4.98 Å². The Morgan fingerprint density at radius 3 is 2.59 bits per heavy atom. The highest BCUT2D eigenvalue weighted by Crippen LogP contribution is 2.18. The second kappa shape index (κ2) is 7.13. The average Bonchev–Trinajstić information content (AvgIpc) is 3.23. The van der Waals surface area contributed by atoms with Crippen LogP contribution >= 0.6 is 11.6 Å². The number of rotatable bonds is 3. The molecule has 1 fully saturated rings. The fourth-order valence-corrected chi connectivity index (χ4v) is 4.03. The van der Waals surface area contributed by atoms with Gasteiger partial charge in [0.2, 0.25) is 0 Å². The van der Waals surface area contributed by atoms with Crippen LogP contribution in [0.1, 0.15) is 12.8 Å². The summed E-state index contributed by atoms with van der Waals surface area (Å²) in [5.41, 5.74) is 1.38. The third-order valence-electron chi connectivity index (χ3n) is 5.33. The first-order valence-corrected chi connectivity index (χ1v) is 9.91. The molecule has 29 heavy (non-hydrogen) atoms. The lowest BCUT2D eigenvalue weighted by atomic mass is 10.1. The van der Waals surface area contributed by atoms with Gasteiger partial charge < -0.3 is 9.30 Å². The Morgan fingerprint density at radius 2 is 1.83 bits per heavy atom. The molecule has 1 atom stereocenters. The quantitative estimate of drug-likeness (QED) is 0.487. The van der Waals surface area contributed by atoms with Gasteiger partial charge in [-0.1, -0.05) is 17.7 Å². The van der Waals surface area contributed by atoms with Gasteiger partial charge in [-0.2, -0.15) is 0 Å². The number of ether oxygens (including phenoxy) is 1. The van der Waals surface area contributed by atoms with Crippen LogP contribution in [0.5, 0.6) is 0 Å². The minimum absolute atomic E-state index is 0.0543. The monoisotopic (exact) mass is 407 g/mol. The van der Waals surface area contributed by atoms with Crippen LogP contribution in [0.4, 0.5) is 0 Å². The van der Waals surface area contributed by atoms with Gasteiger partial charge in [-0.05, 0) is 49.2 Å². The lowest BCUT2D eigenvalue weighted by Gasteiger charge is -2.13. The number of pyridine rings is 3. The first-order valence-electron chi connectivity index (χ1n) is 9.53. The molecule has 1 aromatic carbocycles. The number of fused-ring (bicyclic) bond motifs is 2. The predicted molar refractivity (Wildman–Crippen MR) is 113 cm³/mol. The van der Waals surface area contributed by atoms with E-state index in [9.17, 15) is 9.59 Å². The van der Waals surface area contributed by atoms with Crippen molar-refractivity contribution < 1.29 is 4.74 Å². The standard InChI is InChI=1S/C22H18ClN3O3/c23-14-3-1-4-15(11-14)26-9-7-20-18(22(26)28)12-17-19(24-20)6-8-25(21(17)27)13-16-5-2-10-29-16/h1,3-4,6-9,11-12,16H,2,5,10,13H2/t16-/m0/s1. The summed E-state index contributed by atoms with van der Waals surface area (Å²) in [6, 6.07) is 12.3. The summed E-state index contributed by atoms with van der Waals surface area (Å²) in [6.45, 7) is 1.25. The second-order valence-electron chi connectivity index (χ2n) is 7.23. The van der Waals surface area contributed by atoms with Crippen LogP contribution in [0, 0.1) is 0 Å². The highest BCUT2D eigenvalue weighted by molar-refractivity contribution is 6.30. The molecular formula is C22H18ClN3O3. The molecule has 146 valence electrons. The van der Waals surface area contributed by atoms with E-state index in [4.69, 9.17) is 16.3 Å². The van der Waals surface area contributed by atoms with E-state index in [0.717, 1.165) is 19.4 Å². The van der Waals surface area contributed by atoms with E-state index in [2.05, 4.69) is 4.98 Å². The molecule has 4 heterocycles. The van der Waals surface area contributed by atoms with Gasteiger partial charge >= 0.3 is 0 Å². The summed E-state index contributed by atoms with van der Waals surface area (Å²) >= 11 is 6.07. The zero-order valence-corrected chi connectivity index (χ0v) is 16.3. The molecule has 6 nitrogen and oxygen atoms in total. The van der Waals surface area contributed by atoms with E-state index in [1.807, 2.05) is 12.1 Å². The Morgan fingerprint density at radius 1 is 1.03 bits per heavy atom. The van der Waals surface area contributed by atoms with Crippen LogP contribution in [0.2, 0.25) is 5.02 Å². The number of aromatic nitrogens is 3. The summed E-state index contributed by atoms with van der Waals surface area (Å²) in [5.74, 6) is 0. The molecule has 0 amide bonds. The fraction of sp³-hybridized carbons (Fsp3) is 0.227. The average molecular weight is 408 g/mol. The van der Waals surface area contributed by atoms with E-state index in [1.54, 1.807) is 47.3 Å². The maximum absolute atomic E-state index is 13.1. The number of hydrogen-bond donors (Lipinski definition) is 0. The summed E-state index contributed by atoms with van der Waals surface area (Å²) < 4.78 is 8.80. The zero-order chi connectivity index (χ0) is 20.0. The van der Waals surface area contributed by atoms with Gasteiger partial charge in [0.05, 0.1) is 40.1 Å². The van der Waals surface area contributed by atoms with Crippen molar-refractivity contribution in [2.24, 2.45) is 0 Å². The maximum atomic E-state index is 13.1. The normalized spacial score (nSPS) is 16.7.